The molecule has 0 radical (unpaired) electrons. The van der Waals surface area contributed by atoms with Gasteiger partial charge in [-0.3, -0.25) is 0 Å². The van der Waals surface area contributed by atoms with E-state index in [1.165, 1.54) is 111 Å². The van der Waals surface area contributed by atoms with E-state index in [1.807, 2.05) is 11.3 Å². The van der Waals surface area contributed by atoms with Crippen LogP contribution < -0.4 is 25.5 Å². The molecule has 10 rings (SSSR count). The molecule has 0 atom stereocenters. The maximum atomic E-state index is 2.74. The molecule has 6 aromatic carbocycles. The fourth-order valence-corrected chi connectivity index (χ4v) is 12.1. The Morgan fingerprint density at radius 3 is 1.71 bits per heavy atom. The second-order valence-corrected chi connectivity index (χ2v) is 24.5. The molecule has 3 aliphatic rings. The van der Waals surface area contributed by atoms with E-state index in [2.05, 4.69) is 222 Å². The van der Waals surface area contributed by atoms with Crippen molar-refractivity contribution in [3.05, 3.63) is 149 Å². The van der Waals surface area contributed by atoms with Gasteiger partial charge in [0.05, 0.1) is 11.4 Å². The lowest BCUT2D eigenvalue weighted by atomic mass is 9.36. The van der Waals surface area contributed by atoms with Crippen molar-refractivity contribution in [1.29, 1.82) is 0 Å². The minimum absolute atomic E-state index is 0.00286. The molecule has 0 saturated carbocycles. The summed E-state index contributed by atoms with van der Waals surface area (Å²) in [6, 6.07) is 45.5. The van der Waals surface area contributed by atoms with Crippen molar-refractivity contribution in [1.82, 2.24) is 0 Å². The second-order valence-electron chi connectivity index (χ2n) is 23.5. The minimum atomic E-state index is -0.00972. The van der Waals surface area contributed by atoms with Crippen LogP contribution in [0.5, 0.6) is 0 Å². The molecular weight excluding hydrogens is 780 g/mol. The molecule has 0 spiro atoms. The highest BCUT2D eigenvalue weighted by Crippen LogP contribution is 2.54. The molecule has 4 heteroatoms. The van der Waals surface area contributed by atoms with E-state index in [-0.39, 0.29) is 33.8 Å². The first-order valence-corrected chi connectivity index (χ1v) is 24.2. The minimum Gasteiger partial charge on any atom is -0.311 e. The Labute approximate surface area is 382 Å². The van der Waals surface area contributed by atoms with Gasteiger partial charge in [-0.05, 0) is 151 Å². The van der Waals surface area contributed by atoms with Gasteiger partial charge in [0.2, 0.25) is 0 Å². The van der Waals surface area contributed by atoms with Crippen LogP contribution in [0, 0.1) is 6.92 Å². The standard InChI is InChI=1S/C59H65BN2S/c1-36-30-49-52-50(31-36)62(48-35-45-44(58(11,12)28-29-59(45,13)14)34-42(48)37-18-16-15-17-19-37)53-43-32-39(56(5,6)7)23-27-51(43)63-54(53)60(52)46-33-40(57(8,9)10)22-26-47(46)61(49)41-24-20-38(21-25-41)55(2,3)4/h15-27,30-35H,28-29H2,1-14H3. The third kappa shape index (κ3) is 6.72. The number of hydrogen-bond acceptors (Lipinski definition) is 3. The lowest BCUT2D eigenvalue weighted by molar-refractivity contribution is 0.332. The van der Waals surface area contributed by atoms with Gasteiger partial charge in [-0.15, -0.1) is 11.3 Å². The summed E-state index contributed by atoms with van der Waals surface area (Å²) in [7, 11) is 0. The van der Waals surface area contributed by atoms with Crippen LogP contribution in [0.3, 0.4) is 0 Å². The van der Waals surface area contributed by atoms with Crippen LogP contribution in [0.2, 0.25) is 0 Å². The molecule has 63 heavy (non-hydrogen) atoms. The molecule has 7 aromatic rings. The van der Waals surface area contributed by atoms with Gasteiger partial charge in [-0.2, -0.15) is 0 Å². The van der Waals surface area contributed by atoms with Crippen LogP contribution >= 0.6 is 11.3 Å². The van der Waals surface area contributed by atoms with E-state index in [1.54, 1.807) is 0 Å². The Bertz CT molecular complexity index is 2960. The Morgan fingerprint density at radius 1 is 0.540 bits per heavy atom. The van der Waals surface area contributed by atoms with Gasteiger partial charge in [0.25, 0.3) is 6.71 Å². The maximum absolute atomic E-state index is 2.74. The number of anilines is 6. The van der Waals surface area contributed by atoms with Gasteiger partial charge >= 0.3 is 0 Å². The monoisotopic (exact) mass is 844 g/mol. The van der Waals surface area contributed by atoms with Gasteiger partial charge < -0.3 is 9.80 Å². The molecule has 0 fully saturated rings. The normalized spacial score (nSPS) is 16.4. The molecule has 1 aromatic heterocycles. The van der Waals surface area contributed by atoms with E-state index in [0.717, 1.165) is 6.42 Å². The zero-order chi connectivity index (χ0) is 44.8. The molecule has 0 amide bonds. The molecule has 2 nitrogen and oxygen atoms in total. The number of rotatable bonds is 3. The van der Waals surface area contributed by atoms with Crippen molar-refractivity contribution in [2.24, 2.45) is 0 Å². The zero-order valence-electron chi connectivity index (χ0n) is 40.3. The SMILES string of the molecule is Cc1cc2c3c(c1)N(c1cc4c(cc1-c1ccccc1)C(C)(C)CCC4(C)C)c1c(sc4ccc(C(C)(C)C)cc14)B3c1cc(C(C)(C)C)ccc1N2c1ccc(C(C)(C)C)cc1. The number of hydrogen-bond donors (Lipinski definition) is 0. The number of nitrogens with zero attached hydrogens (tertiary/aromatic N) is 2. The molecule has 0 saturated heterocycles. The highest BCUT2D eigenvalue weighted by molar-refractivity contribution is 7.33. The number of benzene rings is 6. The molecule has 0 bridgehead atoms. The van der Waals surface area contributed by atoms with Crippen LogP contribution in [0.4, 0.5) is 34.1 Å². The van der Waals surface area contributed by atoms with Crippen LogP contribution in [-0.4, -0.2) is 6.71 Å². The summed E-state index contributed by atoms with van der Waals surface area (Å²) in [5.41, 5.74) is 21.5. The lowest BCUT2D eigenvalue weighted by Gasteiger charge is -2.46. The van der Waals surface area contributed by atoms with Crippen LogP contribution in [-0.2, 0) is 27.1 Å². The summed E-state index contributed by atoms with van der Waals surface area (Å²) >= 11 is 2.01. The van der Waals surface area contributed by atoms with E-state index >= 15 is 0 Å². The molecular formula is C59H65BN2S. The lowest BCUT2D eigenvalue weighted by Crippen LogP contribution is -2.60. The second kappa shape index (κ2) is 14.0. The van der Waals surface area contributed by atoms with Crippen molar-refractivity contribution in [3.63, 3.8) is 0 Å². The van der Waals surface area contributed by atoms with Crippen LogP contribution in [0.25, 0.3) is 21.2 Å². The molecule has 0 N–H and O–H groups in total. The van der Waals surface area contributed by atoms with Gasteiger partial charge in [0.1, 0.15) is 0 Å². The first-order chi connectivity index (χ1) is 29.5. The molecule has 0 unspecified atom stereocenters. The topological polar surface area (TPSA) is 6.48 Å². The zero-order valence-corrected chi connectivity index (χ0v) is 41.1. The van der Waals surface area contributed by atoms with Gasteiger partial charge in [-0.25, -0.2) is 0 Å². The van der Waals surface area contributed by atoms with Crippen LogP contribution in [0.15, 0.2) is 115 Å². The van der Waals surface area contributed by atoms with Gasteiger partial charge in [0.15, 0.2) is 0 Å². The molecule has 320 valence electrons. The highest BCUT2D eigenvalue weighted by Gasteiger charge is 2.47. The van der Waals surface area contributed by atoms with Crippen molar-refractivity contribution in [3.8, 4) is 11.1 Å². The third-order valence-corrected chi connectivity index (χ3v) is 16.0. The average Bonchev–Trinajstić information content (AvgIpc) is 3.60. The van der Waals surface area contributed by atoms with Crippen molar-refractivity contribution in [2.75, 3.05) is 9.80 Å². The first kappa shape index (κ1) is 41.9. The van der Waals surface area contributed by atoms with E-state index < -0.39 is 0 Å². The van der Waals surface area contributed by atoms with E-state index in [0.29, 0.717) is 0 Å². The first-order valence-electron chi connectivity index (χ1n) is 23.3. The largest absolute Gasteiger partial charge is 0.311 e. The fourth-order valence-electron chi connectivity index (χ4n) is 10.8. The number of thiophene rings is 1. The predicted molar refractivity (Wildman–Crippen MR) is 277 cm³/mol. The summed E-state index contributed by atoms with van der Waals surface area (Å²) in [5, 5.41) is 1.35. The summed E-state index contributed by atoms with van der Waals surface area (Å²) < 4.78 is 2.78. The van der Waals surface area contributed by atoms with Crippen molar-refractivity contribution >= 4 is 78.0 Å². The Morgan fingerprint density at radius 2 is 1.10 bits per heavy atom. The quantitative estimate of drug-likeness (QED) is 0.164. The van der Waals surface area contributed by atoms with Crippen LogP contribution in [0.1, 0.15) is 136 Å². The molecule has 1 aliphatic carbocycles. The predicted octanol–water partition coefficient (Wildman–Crippen LogP) is 15.2. The third-order valence-electron chi connectivity index (χ3n) is 14.8. The van der Waals surface area contributed by atoms with Crippen molar-refractivity contribution < 1.29 is 0 Å². The van der Waals surface area contributed by atoms with E-state index in [4.69, 9.17) is 0 Å². The fraction of sp³-hybridized carbons (Fsp3) is 0.356. The van der Waals surface area contributed by atoms with Gasteiger partial charge in [-0.1, -0.05) is 151 Å². The smallest absolute Gasteiger partial charge is 0.264 e. The highest BCUT2D eigenvalue weighted by atomic mass is 32.1. The number of aryl methyl sites for hydroxylation is 1. The Hall–Kier alpha value is -5.06. The number of fused-ring (bicyclic) bond motifs is 7. The van der Waals surface area contributed by atoms with Gasteiger partial charge in [0, 0.05) is 43.2 Å². The van der Waals surface area contributed by atoms with E-state index in [9.17, 15) is 0 Å². The summed E-state index contributed by atoms with van der Waals surface area (Å²) in [6.07, 6.45) is 2.34. The summed E-state index contributed by atoms with van der Waals surface area (Å²) in [6.45, 7) is 33.3. The van der Waals surface area contributed by atoms with Crippen molar-refractivity contribution in [2.45, 2.75) is 137 Å². The maximum Gasteiger partial charge on any atom is 0.264 e. The summed E-state index contributed by atoms with van der Waals surface area (Å²) in [5.74, 6) is 0. The molecule has 3 heterocycles. The average molecular weight is 845 g/mol. The Balaban J connectivity index is 1.36. The molecule has 2 aliphatic heterocycles. The summed E-state index contributed by atoms with van der Waals surface area (Å²) in [4.78, 5) is 5.32. The Kier molecular flexibility index (Phi) is 9.30.